The summed E-state index contributed by atoms with van der Waals surface area (Å²) < 4.78 is 0. The first-order valence-corrected chi connectivity index (χ1v) is 4.98. The summed E-state index contributed by atoms with van der Waals surface area (Å²) >= 11 is 0. The quantitative estimate of drug-likeness (QED) is 0.309. The molecule has 0 heterocycles. The van der Waals surface area contributed by atoms with Gasteiger partial charge in [0.25, 0.3) is 0 Å². The van der Waals surface area contributed by atoms with Crippen molar-refractivity contribution < 1.29 is 30.6 Å². The molecule has 15 heavy (non-hydrogen) atoms. The minimum atomic E-state index is -1.67. The van der Waals surface area contributed by atoms with Gasteiger partial charge >= 0.3 is 0 Å². The molecule has 4 atom stereocenters. The first kappa shape index (κ1) is 14.8. The maximum absolute atomic E-state index is 8.96. The molecule has 0 amide bonds. The van der Waals surface area contributed by atoms with Crippen LogP contribution in [0.4, 0.5) is 0 Å². The summed E-state index contributed by atoms with van der Waals surface area (Å²) in [6.45, 7) is -1.45. The van der Waals surface area contributed by atoms with Crippen LogP contribution in [0.3, 0.4) is 0 Å². The van der Waals surface area contributed by atoms with Gasteiger partial charge in [0.05, 0.1) is 13.2 Å². The molecule has 0 bridgehead atoms. The molecule has 6 nitrogen and oxygen atoms in total. The van der Waals surface area contributed by atoms with Crippen LogP contribution in [0.25, 0.3) is 0 Å². The molecule has 6 N–H and O–H groups in total. The van der Waals surface area contributed by atoms with E-state index in [1.807, 2.05) is 0 Å². The highest BCUT2D eigenvalue weighted by Crippen LogP contribution is 2.14. The molecule has 92 valence electrons. The number of hydrogen-bond acceptors (Lipinski definition) is 6. The molecule has 0 radical (unpaired) electrons. The van der Waals surface area contributed by atoms with E-state index >= 15 is 0 Å². The summed E-state index contributed by atoms with van der Waals surface area (Å²) in [5.41, 5.74) is 0. The Balaban J connectivity index is 0.000000548. The fraction of sp³-hybridized carbons (Fsp3) is 1.00. The third kappa shape index (κ3) is 6.77. The average molecular weight is 224 g/mol. The number of hydrogen-bond donors (Lipinski definition) is 6. The topological polar surface area (TPSA) is 121 Å². The van der Waals surface area contributed by atoms with E-state index in [0.717, 1.165) is 0 Å². The summed E-state index contributed by atoms with van der Waals surface area (Å²) in [5, 5.41) is 52.2. The maximum atomic E-state index is 8.96. The van der Waals surface area contributed by atoms with Crippen LogP contribution in [0.15, 0.2) is 0 Å². The Kier molecular flexibility index (Phi) is 7.85. The average Bonchev–Trinajstić information content (AvgIpc) is 3.12. The van der Waals surface area contributed by atoms with Gasteiger partial charge in [-0.1, -0.05) is 19.3 Å². The van der Waals surface area contributed by atoms with Gasteiger partial charge in [-0.2, -0.15) is 0 Å². The van der Waals surface area contributed by atoms with Gasteiger partial charge in [-0.25, -0.2) is 0 Å². The van der Waals surface area contributed by atoms with Crippen LogP contribution in [0.1, 0.15) is 19.3 Å². The van der Waals surface area contributed by atoms with E-state index in [2.05, 4.69) is 0 Å². The lowest BCUT2D eigenvalue weighted by Crippen LogP contribution is -2.46. The third-order valence-corrected chi connectivity index (χ3v) is 1.87. The van der Waals surface area contributed by atoms with Gasteiger partial charge in [0.2, 0.25) is 0 Å². The summed E-state index contributed by atoms with van der Waals surface area (Å²) in [6.07, 6.45) is -1.89. The molecule has 0 aromatic carbocycles. The molecule has 0 aromatic heterocycles. The van der Waals surface area contributed by atoms with Crippen molar-refractivity contribution in [3.05, 3.63) is 0 Å². The summed E-state index contributed by atoms with van der Waals surface area (Å²) in [4.78, 5) is 0. The molecule has 1 aliphatic rings. The lowest BCUT2D eigenvalue weighted by molar-refractivity contribution is -0.123. The van der Waals surface area contributed by atoms with Gasteiger partial charge in [0, 0.05) is 0 Å². The van der Waals surface area contributed by atoms with E-state index < -0.39 is 37.6 Å². The van der Waals surface area contributed by atoms with E-state index in [9.17, 15) is 0 Å². The normalized spacial score (nSPS) is 22.0. The van der Waals surface area contributed by atoms with Gasteiger partial charge in [-0.05, 0) is 0 Å². The van der Waals surface area contributed by atoms with Crippen LogP contribution >= 0.6 is 0 Å². The van der Waals surface area contributed by atoms with Gasteiger partial charge in [0.1, 0.15) is 24.4 Å². The van der Waals surface area contributed by atoms with Crippen LogP contribution in [-0.2, 0) is 0 Å². The minimum Gasteiger partial charge on any atom is -0.394 e. The molecule has 1 rings (SSSR count). The predicted octanol–water partition coefficient (Wildman–Crippen LogP) is -2.42. The van der Waals surface area contributed by atoms with Gasteiger partial charge < -0.3 is 30.6 Å². The minimum absolute atomic E-state index is 0.726. The molecular formula is C9H20O6. The van der Waals surface area contributed by atoms with Gasteiger partial charge in [-0.15, -0.1) is 0 Å². The molecule has 0 aromatic rings. The second kappa shape index (κ2) is 7.98. The van der Waals surface area contributed by atoms with Crippen molar-refractivity contribution in [2.45, 2.75) is 43.7 Å². The second-order valence-electron chi connectivity index (χ2n) is 3.54. The van der Waals surface area contributed by atoms with Crippen molar-refractivity contribution in [1.82, 2.24) is 0 Å². The Morgan fingerprint density at radius 3 is 1.07 bits per heavy atom. The Morgan fingerprint density at radius 2 is 0.933 bits per heavy atom. The fourth-order valence-electron chi connectivity index (χ4n) is 0.671. The summed E-state index contributed by atoms with van der Waals surface area (Å²) in [6, 6.07) is 0. The van der Waals surface area contributed by atoms with E-state index in [1.54, 1.807) is 0 Å². The highest BCUT2D eigenvalue weighted by Gasteiger charge is 2.29. The number of aliphatic hydroxyl groups is 6. The summed E-state index contributed by atoms with van der Waals surface area (Å²) in [7, 11) is 0. The summed E-state index contributed by atoms with van der Waals surface area (Å²) in [5.74, 6) is 0. The van der Waals surface area contributed by atoms with Crippen LogP contribution in [0, 0.1) is 0 Å². The van der Waals surface area contributed by atoms with Crippen molar-refractivity contribution in [2.24, 2.45) is 0 Å². The third-order valence-electron chi connectivity index (χ3n) is 1.87. The maximum Gasteiger partial charge on any atom is 0.111 e. The Bertz CT molecular complexity index is 135. The van der Waals surface area contributed by atoms with E-state index in [-0.39, 0.29) is 0 Å². The van der Waals surface area contributed by atoms with E-state index in [1.165, 1.54) is 19.3 Å². The largest absolute Gasteiger partial charge is 0.394 e. The second-order valence-corrected chi connectivity index (χ2v) is 3.54. The Labute approximate surface area is 88.4 Å². The van der Waals surface area contributed by atoms with Crippen LogP contribution < -0.4 is 0 Å². The molecular weight excluding hydrogens is 204 g/mol. The van der Waals surface area contributed by atoms with Crippen LogP contribution in [0.5, 0.6) is 0 Å². The smallest absolute Gasteiger partial charge is 0.111 e. The lowest BCUT2D eigenvalue weighted by atomic mass is 10.0. The molecule has 1 aliphatic carbocycles. The van der Waals surface area contributed by atoms with Crippen molar-refractivity contribution in [1.29, 1.82) is 0 Å². The van der Waals surface area contributed by atoms with Crippen LogP contribution in [-0.4, -0.2) is 68.3 Å². The zero-order chi connectivity index (χ0) is 11.8. The standard InChI is InChI=1S/C6H14O6.C3H6/c7-1-3(9)5(11)6(12)4(10)2-8;1-2-3-1/h3-12H,1-2H2;1-3H2/t3-,4-,5-,6-;/m1./s1. The molecule has 0 spiro atoms. The van der Waals surface area contributed by atoms with E-state index in [0.29, 0.717) is 0 Å². The van der Waals surface area contributed by atoms with Crippen molar-refractivity contribution in [2.75, 3.05) is 13.2 Å². The van der Waals surface area contributed by atoms with E-state index in [4.69, 9.17) is 30.6 Å². The SMILES string of the molecule is C1CC1.OC[C@@H](O)[C@@H](O)[C@H](O)[C@H](O)CO. The zero-order valence-electron chi connectivity index (χ0n) is 8.53. The van der Waals surface area contributed by atoms with Crippen molar-refractivity contribution in [3.8, 4) is 0 Å². The molecule has 6 heteroatoms. The monoisotopic (exact) mass is 224 g/mol. The van der Waals surface area contributed by atoms with Crippen molar-refractivity contribution in [3.63, 3.8) is 0 Å². The predicted molar refractivity (Wildman–Crippen MR) is 52.0 cm³/mol. The molecule has 1 fully saturated rings. The molecule has 0 saturated heterocycles. The molecule has 0 aliphatic heterocycles. The molecule has 0 unspecified atom stereocenters. The first-order valence-electron chi connectivity index (χ1n) is 4.98. The van der Waals surface area contributed by atoms with Crippen LogP contribution in [0.2, 0.25) is 0 Å². The van der Waals surface area contributed by atoms with Crippen molar-refractivity contribution >= 4 is 0 Å². The highest BCUT2D eigenvalue weighted by molar-refractivity contribution is 4.79. The Morgan fingerprint density at radius 1 is 0.667 bits per heavy atom. The lowest BCUT2D eigenvalue weighted by Gasteiger charge is -2.24. The number of aliphatic hydroxyl groups excluding tert-OH is 6. The van der Waals surface area contributed by atoms with Gasteiger partial charge in [-0.3, -0.25) is 0 Å². The fourth-order valence-corrected chi connectivity index (χ4v) is 0.671. The molecule has 1 saturated carbocycles. The number of rotatable bonds is 5. The Hall–Kier alpha value is -0.240. The van der Waals surface area contributed by atoms with Gasteiger partial charge in [0.15, 0.2) is 0 Å². The zero-order valence-corrected chi connectivity index (χ0v) is 8.53. The highest BCUT2D eigenvalue weighted by atomic mass is 16.4. The first-order chi connectivity index (χ1) is 7.04.